The first-order valence-corrected chi connectivity index (χ1v) is 4.74. The molecule has 0 amide bonds. The van der Waals surface area contributed by atoms with Crippen molar-refractivity contribution in [2.75, 3.05) is 0 Å². The summed E-state index contributed by atoms with van der Waals surface area (Å²) in [5, 5.41) is 8.73. The zero-order chi connectivity index (χ0) is 12.3. The molecule has 0 unspecified atom stereocenters. The monoisotopic (exact) mass is 230 g/mol. The van der Waals surface area contributed by atoms with Crippen molar-refractivity contribution in [2.45, 2.75) is 26.4 Å². The molecule has 3 nitrogen and oxygen atoms in total. The molecule has 0 bridgehead atoms. The number of carboxylic acid groups (broad SMARTS) is 1. The Morgan fingerprint density at radius 2 is 2.00 bits per heavy atom. The Morgan fingerprint density at radius 3 is 2.44 bits per heavy atom. The van der Waals surface area contributed by atoms with Crippen molar-refractivity contribution < 1.29 is 23.4 Å². The van der Waals surface area contributed by atoms with Crippen molar-refractivity contribution in [1.29, 1.82) is 0 Å². The second-order valence-corrected chi connectivity index (χ2v) is 3.59. The number of carbonyl (C=O) groups is 1. The van der Waals surface area contributed by atoms with Crippen LogP contribution in [0, 0.1) is 0 Å². The van der Waals surface area contributed by atoms with Crippen LogP contribution >= 0.6 is 0 Å². The number of hydrogen-bond donors (Lipinski definition) is 1. The Labute approximate surface area is 91.7 Å². The summed E-state index contributed by atoms with van der Waals surface area (Å²) in [5.41, 5.74) is 0.491. The number of benzene rings is 1. The molecule has 0 heterocycles. The van der Waals surface area contributed by atoms with Crippen molar-refractivity contribution in [3.05, 3.63) is 29.3 Å². The van der Waals surface area contributed by atoms with Gasteiger partial charge in [0.1, 0.15) is 5.75 Å². The fourth-order valence-electron chi connectivity index (χ4n) is 1.34. The van der Waals surface area contributed by atoms with Crippen molar-refractivity contribution in [1.82, 2.24) is 0 Å². The first-order valence-electron chi connectivity index (χ1n) is 4.74. The van der Waals surface area contributed by atoms with Gasteiger partial charge in [0, 0.05) is 0 Å². The third-order valence-electron chi connectivity index (χ3n) is 2.10. The summed E-state index contributed by atoms with van der Waals surface area (Å²) < 4.78 is 28.6. The smallest absolute Gasteiger partial charge is 0.387 e. The van der Waals surface area contributed by atoms with E-state index in [1.807, 2.05) is 13.8 Å². The van der Waals surface area contributed by atoms with E-state index in [2.05, 4.69) is 4.74 Å². The molecule has 0 radical (unpaired) electrons. The number of rotatable bonds is 4. The third kappa shape index (κ3) is 2.92. The number of alkyl halides is 2. The van der Waals surface area contributed by atoms with Gasteiger partial charge in [-0.2, -0.15) is 8.78 Å². The molecule has 1 aromatic rings. The Balaban J connectivity index is 3.15. The molecule has 88 valence electrons. The van der Waals surface area contributed by atoms with Crippen molar-refractivity contribution in [3.8, 4) is 5.75 Å². The van der Waals surface area contributed by atoms with Gasteiger partial charge in [-0.3, -0.25) is 0 Å². The number of aromatic carboxylic acids is 1. The van der Waals surface area contributed by atoms with Gasteiger partial charge in [0.25, 0.3) is 0 Å². The van der Waals surface area contributed by atoms with Gasteiger partial charge in [-0.25, -0.2) is 4.79 Å². The molecule has 0 spiro atoms. The second-order valence-electron chi connectivity index (χ2n) is 3.59. The minimum absolute atomic E-state index is 0.0170. The van der Waals surface area contributed by atoms with Crippen molar-refractivity contribution in [2.24, 2.45) is 0 Å². The van der Waals surface area contributed by atoms with E-state index in [9.17, 15) is 13.6 Å². The van der Waals surface area contributed by atoms with Crippen LogP contribution in [0.3, 0.4) is 0 Å². The molecule has 1 aromatic carbocycles. The molecule has 1 rings (SSSR count). The van der Waals surface area contributed by atoms with Crippen LogP contribution in [0.1, 0.15) is 35.7 Å². The van der Waals surface area contributed by atoms with Crippen LogP contribution in [0.4, 0.5) is 8.78 Å². The average Bonchev–Trinajstić information content (AvgIpc) is 2.15. The number of halogens is 2. The third-order valence-corrected chi connectivity index (χ3v) is 2.10. The normalized spacial score (nSPS) is 10.9. The molecule has 16 heavy (non-hydrogen) atoms. The van der Waals surface area contributed by atoms with Gasteiger partial charge in [0.2, 0.25) is 0 Å². The number of carboxylic acids is 1. The van der Waals surface area contributed by atoms with Gasteiger partial charge >= 0.3 is 12.6 Å². The van der Waals surface area contributed by atoms with E-state index in [-0.39, 0.29) is 17.2 Å². The van der Waals surface area contributed by atoms with Gasteiger partial charge in [0.15, 0.2) is 0 Å². The van der Waals surface area contributed by atoms with Crippen LogP contribution in [0.15, 0.2) is 18.2 Å². The highest BCUT2D eigenvalue weighted by atomic mass is 19.3. The van der Waals surface area contributed by atoms with E-state index in [0.717, 1.165) is 6.07 Å². The van der Waals surface area contributed by atoms with E-state index in [1.54, 1.807) is 0 Å². The highest BCUT2D eigenvalue weighted by molar-refractivity contribution is 5.88. The maximum atomic E-state index is 12.1. The molecule has 1 N–H and O–H groups in total. The van der Waals surface area contributed by atoms with E-state index in [4.69, 9.17) is 5.11 Å². The lowest BCUT2D eigenvalue weighted by molar-refractivity contribution is -0.0506. The standard InChI is InChI=1S/C11H12F2O3/c1-6(2)8-4-3-7(10(14)15)5-9(8)16-11(12)13/h3-6,11H,1-2H3,(H,14,15). The molecular formula is C11H12F2O3. The van der Waals surface area contributed by atoms with E-state index in [0.29, 0.717) is 5.56 Å². The maximum absolute atomic E-state index is 12.1. The number of ether oxygens (including phenoxy) is 1. The van der Waals surface area contributed by atoms with Crippen LogP contribution in [-0.4, -0.2) is 17.7 Å². The fourth-order valence-corrected chi connectivity index (χ4v) is 1.34. The van der Waals surface area contributed by atoms with Crippen molar-refractivity contribution in [3.63, 3.8) is 0 Å². The van der Waals surface area contributed by atoms with Gasteiger partial charge in [-0.05, 0) is 23.6 Å². The first-order chi connectivity index (χ1) is 7.41. The molecule has 0 aliphatic heterocycles. The molecule has 0 atom stereocenters. The summed E-state index contributed by atoms with van der Waals surface area (Å²) in [4.78, 5) is 10.7. The van der Waals surface area contributed by atoms with Crippen LogP contribution in [-0.2, 0) is 0 Å². The fraction of sp³-hybridized carbons (Fsp3) is 0.364. The molecule has 0 aromatic heterocycles. The lowest BCUT2D eigenvalue weighted by Gasteiger charge is -2.13. The van der Waals surface area contributed by atoms with Crippen LogP contribution in [0.25, 0.3) is 0 Å². The SMILES string of the molecule is CC(C)c1ccc(C(=O)O)cc1OC(F)F. The largest absolute Gasteiger partial charge is 0.478 e. The lowest BCUT2D eigenvalue weighted by atomic mass is 10.0. The second kappa shape index (κ2) is 4.92. The van der Waals surface area contributed by atoms with Gasteiger partial charge in [-0.1, -0.05) is 19.9 Å². The molecule has 0 saturated carbocycles. The van der Waals surface area contributed by atoms with Crippen LogP contribution in [0.2, 0.25) is 0 Å². The molecular weight excluding hydrogens is 218 g/mol. The molecule has 5 heteroatoms. The predicted molar refractivity (Wildman–Crippen MR) is 54.1 cm³/mol. The Hall–Kier alpha value is -1.65. The summed E-state index contributed by atoms with van der Waals surface area (Å²) in [6.07, 6.45) is 0. The number of hydrogen-bond acceptors (Lipinski definition) is 2. The highest BCUT2D eigenvalue weighted by Crippen LogP contribution is 2.28. The summed E-state index contributed by atoms with van der Waals surface area (Å²) in [7, 11) is 0. The maximum Gasteiger partial charge on any atom is 0.387 e. The van der Waals surface area contributed by atoms with Crippen LogP contribution in [0.5, 0.6) is 5.75 Å². The Morgan fingerprint density at radius 1 is 1.38 bits per heavy atom. The Kier molecular flexibility index (Phi) is 3.82. The summed E-state index contributed by atoms with van der Waals surface area (Å²) >= 11 is 0. The van der Waals surface area contributed by atoms with Crippen molar-refractivity contribution >= 4 is 5.97 Å². The van der Waals surface area contributed by atoms with Gasteiger partial charge in [0.05, 0.1) is 5.56 Å². The summed E-state index contributed by atoms with van der Waals surface area (Å²) in [5.74, 6) is -1.27. The van der Waals surface area contributed by atoms with Gasteiger partial charge < -0.3 is 9.84 Å². The first kappa shape index (κ1) is 12.4. The minimum Gasteiger partial charge on any atom is -0.478 e. The zero-order valence-electron chi connectivity index (χ0n) is 8.91. The Bertz CT molecular complexity index is 389. The highest BCUT2D eigenvalue weighted by Gasteiger charge is 2.15. The predicted octanol–water partition coefficient (Wildman–Crippen LogP) is 3.11. The van der Waals surface area contributed by atoms with E-state index >= 15 is 0 Å². The molecule has 0 aliphatic rings. The topological polar surface area (TPSA) is 46.5 Å². The van der Waals surface area contributed by atoms with Crippen LogP contribution < -0.4 is 4.74 Å². The lowest BCUT2D eigenvalue weighted by Crippen LogP contribution is -2.07. The average molecular weight is 230 g/mol. The molecule has 0 fully saturated rings. The van der Waals surface area contributed by atoms with Gasteiger partial charge in [-0.15, -0.1) is 0 Å². The summed E-state index contributed by atoms with van der Waals surface area (Å²) in [6.45, 7) is 0.670. The summed E-state index contributed by atoms with van der Waals surface area (Å²) in [6, 6.07) is 3.98. The molecule has 0 aliphatic carbocycles. The van der Waals surface area contributed by atoms with E-state index in [1.165, 1.54) is 12.1 Å². The zero-order valence-corrected chi connectivity index (χ0v) is 8.91. The van der Waals surface area contributed by atoms with E-state index < -0.39 is 12.6 Å². The quantitative estimate of drug-likeness (QED) is 0.864. The minimum atomic E-state index is -2.96. The molecule has 0 saturated heterocycles.